The maximum atomic E-state index is 11.1. The van der Waals surface area contributed by atoms with Crippen LogP contribution in [0, 0.1) is 0 Å². The normalized spacial score (nSPS) is 15.1. The van der Waals surface area contributed by atoms with E-state index in [4.69, 9.17) is 11.6 Å². The van der Waals surface area contributed by atoms with Crippen molar-refractivity contribution in [1.82, 2.24) is 4.90 Å². The summed E-state index contributed by atoms with van der Waals surface area (Å²) in [6.45, 7) is 0.791. The smallest absolute Gasteiger partial charge is 0.157 e. The number of hydrogen-bond donors (Lipinski definition) is 0. The summed E-state index contributed by atoms with van der Waals surface area (Å²) in [5, 5.41) is 0.752. The van der Waals surface area contributed by atoms with Crippen LogP contribution >= 0.6 is 11.6 Å². The summed E-state index contributed by atoms with van der Waals surface area (Å²) in [6, 6.07) is 7.80. The van der Waals surface area contributed by atoms with Crippen molar-refractivity contribution >= 4 is 17.4 Å². The second kappa shape index (κ2) is 4.71. The van der Waals surface area contributed by atoms with Gasteiger partial charge in [-0.2, -0.15) is 0 Å². The van der Waals surface area contributed by atoms with Gasteiger partial charge in [0.2, 0.25) is 0 Å². The van der Waals surface area contributed by atoms with Crippen LogP contribution in [0.2, 0.25) is 5.02 Å². The third kappa shape index (κ3) is 2.64. The number of nitrogens with zero attached hydrogens (tertiary/aromatic N) is 1. The standard InChI is InChI=1S/C13H14ClNO/c1-15(12-5-6-13(16)8-12)9-10-3-2-4-11(14)7-10/h2-4,7-8H,5-6,9H2,1H3. The van der Waals surface area contributed by atoms with Gasteiger partial charge in [-0.25, -0.2) is 0 Å². The van der Waals surface area contributed by atoms with Crippen LogP contribution in [-0.2, 0) is 11.3 Å². The summed E-state index contributed by atoms with van der Waals surface area (Å²) in [5.41, 5.74) is 2.28. The summed E-state index contributed by atoms with van der Waals surface area (Å²) >= 11 is 5.92. The zero-order valence-corrected chi connectivity index (χ0v) is 10.00. The highest BCUT2D eigenvalue weighted by Gasteiger charge is 2.15. The maximum Gasteiger partial charge on any atom is 0.157 e. The van der Waals surface area contributed by atoms with Gasteiger partial charge in [-0.05, 0) is 24.1 Å². The van der Waals surface area contributed by atoms with Crippen molar-refractivity contribution in [3.8, 4) is 0 Å². The second-order valence-electron chi connectivity index (χ2n) is 4.09. The first kappa shape index (κ1) is 11.2. The molecule has 1 aromatic carbocycles. The average molecular weight is 236 g/mol. The molecule has 0 fully saturated rings. The van der Waals surface area contributed by atoms with Gasteiger partial charge in [0.15, 0.2) is 5.78 Å². The van der Waals surface area contributed by atoms with E-state index in [2.05, 4.69) is 4.90 Å². The van der Waals surface area contributed by atoms with Gasteiger partial charge in [0, 0.05) is 36.8 Å². The number of benzene rings is 1. The lowest BCUT2D eigenvalue weighted by molar-refractivity contribution is -0.114. The Kier molecular flexibility index (Phi) is 3.30. The minimum atomic E-state index is 0.230. The Morgan fingerprint density at radius 1 is 1.38 bits per heavy atom. The van der Waals surface area contributed by atoms with Gasteiger partial charge in [0.1, 0.15) is 0 Å². The third-order valence-corrected chi connectivity index (χ3v) is 2.99. The van der Waals surface area contributed by atoms with Gasteiger partial charge in [-0.1, -0.05) is 23.7 Å². The Morgan fingerprint density at radius 3 is 2.81 bits per heavy atom. The minimum absolute atomic E-state index is 0.230. The summed E-state index contributed by atoms with van der Waals surface area (Å²) in [4.78, 5) is 13.2. The SMILES string of the molecule is CN(Cc1cccc(Cl)c1)C1=CC(=O)CC1. The van der Waals surface area contributed by atoms with E-state index in [0.717, 1.165) is 29.2 Å². The van der Waals surface area contributed by atoms with Gasteiger partial charge in [0.05, 0.1) is 0 Å². The van der Waals surface area contributed by atoms with E-state index in [9.17, 15) is 4.79 Å². The van der Waals surface area contributed by atoms with E-state index in [1.807, 2.05) is 31.3 Å². The van der Waals surface area contributed by atoms with Crippen LogP contribution in [0.25, 0.3) is 0 Å². The molecule has 3 heteroatoms. The summed E-state index contributed by atoms with van der Waals surface area (Å²) in [7, 11) is 2.01. The molecular formula is C13H14ClNO. The minimum Gasteiger partial charge on any atom is -0.373 e. The molecule has 0 bridgehead atoms. The molecule has 2 nitrogen and oxygen atoms in total. The topological polar surface area (TPSA) is 20.3 Å². The summed E-state index contributed by atoms with van der Waals surface area (Å²) in [5.74, 6) is 0.230. The van der Waals surface area contributed by atoms with Crippen molar-refractivity contribution in [3.05, 3.63) is 46.6 Å². The fourth-order valence-corrected chi connectivity index (χ4v) is 2.11. The van der Waals surface area contributed by atoms with E-state index in [0.29, 0.717) is 6.42 Å². The van der Waals surface area contributed by atoms with Gasteiger partial charge in [0.25, 0.3) is 0 Å². The lowest BCUT2D eigenvalue weighted by Crippen LogP contribution is -2.15. The van der Waals surface area contributed by atoms with Crippen molar-refractivity contribution in [2.75, 3.05) is 7.05 Å². The molecule has 1 aromatic rings. The van der Waals surface area contributed by atoms with E-state index in [1.54, 1.807) is 6.08 Å². The average Bonchev–Trinajstić information content (AvgIpc) is 2.65. The highest BCUT2D eigenvalue weighted by atomic mass is 35.5. The van der Waals surface area contributed by atoms with Crippen LogP contribution in [-0.4, -0.2) is 17.7 Å². The molecule has 0 spiro atoms. The molecule has 0 saturated heterocycles. The number of halogens is 1. The molecule has 0 heterocycles. The lowest BCUT2D eigenvalue weighted by atomic mass is 10.2. The molecule has 0 N–H and O–H groups in total. The predicted molar refractivity (Wildman–Crippen MR) is 65.2 cm³/mol. The first-order valence-electron chi connectivity index (χ1n) is 5.34. The Bertz CT molecular complexity index is 439. The van der Waals surface area contributed by atoms with Crippen molar-refractivity contribution in [2.24, 2.45) is 0 Å². The van der Waals surface area contributed by atoms with Crippen molar-refractivity contribution in [2.45, 2.75) is 19.4 Å². The first-order chi connectivity index (χ1) is 7.65. The summed E-state index contributed by atoms with van der Waals surface area (Å²) in [6.07, 6.45) is 3.25. The monoisotopic (exact) mass is 235 g/mol. The van der Waals surface area contributed by atoms with Gasteiger partial charge in [-0.3, -0.25) is 4.79 Å². The molecular weight excluding hydrogens is 222 g/mol. The molecule has 0 amide bonds. The zero-order valence-electron chi connectivity index (χ0n) is 9.24. The molecule has 16 heavy (non-hydrogen) atoms. The number of carbonyl (C=O) groups excluding carboxylic acids is 1. The lowest BCUT2D eigenvalue weighted by Gasteiger charge is -2.20. The number of carbonyl (C=O) groups is 1. The molecule has 0 saturated carbocycles. The van der Waals surface area contributed by atoms with E-state index >= 15 is 0 Å². The molecule has 1 aliphatic rings. The molecule has 0 radical (unpaired) electrons. The van der Waals surface area contributed by atoms with E-state index in [1.165, 1.54) is 0 Å². The van der Waals surface area contributed by atoms with Crippen LogP contribution in [0.3, 0.4) is 0 Å². The Morgan fingerprint density at radius 2 is 2.19 bits per heavy atom. The predicted octanol–water partition coefficient (Wildman–Crippen LogP) is 3.02. The van der Waals surface area contributed by atoms with Gasteiger partial charge >= 0.3 is 0 Å². The zero-order chi connectivity index (χ0) is 11.5. The Labute approximate surface area is 101 Å². The molecule has 2 rings (SSSR count). The van der Waals surface area contributed by atoms with Crippen LogP contribution in [0.4, 0.5) is 0 Å². The van der Waals surface area contributed by atoms with Gasteiger partial charge < -0.3 is 4.90 Å². The van der Waals surface area contributed by atoms with Crippen molar-refractivity contribution in [3.63, 3.8) is 0 Å². The van der Waals surface area contributed by atoms with Crippen LogP contribution < -0.4 is 0 Å². The van der Waals surface area contributed by atoms with E-state index in [-0.39, 0.29) is 5.78 Å². The van der Waals surface area contributed by atoms with Crippen LogP contribution in [0.15, 0.2) is 36.0 Å². The third-order valence-electron chi connectivity index (χ3n) is 2.75. The fourth-order valence-electron chi connectivity index (χ4n) is 1.89. The largest absolute Gasteiger partial charge is 0.373 e. The molecule has 0 aromatic heterocycles. The fraction of sp³-hybridized carbons (Fsp3) is 0.308. The highest BCUT2D eigenvalue weighted by molar-refractivity contribution is 6.30. The molecule has 0 unspecified atom stereocenters. The Balaban J connectivity index is 2.05. The van der Waals surface area contributed by atoms with E-state index < -0.39 is 0 Å². The molecule has 1 aliphatic carbocycles. The van der Waals surface area contributed by atoms with Crippen LogP contribution in [0.5, 0.6) is 0 Å². The van der Waals surface area contributed by atoms with Crippen LogP contribution in [0.1, 0.15) is 18.4 Å². The molecule has 0 aliphatic heterocycles. The molecule has 84 valence electrons. The quantitative estimate of drug-likeness (QED) is 0.803. The van der Waals surface area contributed by atoms with Gasteiger partial charge in [-0.15, -0.1) is 0 Å². The number of allylic oxidation sites excluding steroid dienone is 2. The number of rotatable bonds is 3. The first-order valence-corrected chi connectivity index (χ1v) is 5.72. The Hall–Kier alpha value is -1.28. The molecule has 0 atom stereocenters. The van der Waals surface area contributed by atoms with Crippen molar-refractivity contribution < 1.29 is 4.79 Å². The second-order valence-corrected chi connectivity index (χ2v) is 4.52. The van der Waals surface area contributed by atoms with Crippen molar-refractivity contribution in [1.29, 1.82) is 0 Å². The maximum absolute atomic E-state index is 11.1. The highest BCUT2D eigenvalue weighted by Crippen LogP contribution is 2.20. The number of hydrogen-bond acceptors (Lipinski definition) is 2. The summed E-state index contributed by atoms with van der Waals surface area (Å²) < 4.78 is 0. The number of ketones is 1.